The second-order valence-corrected chi connectivity index (χ2v) is 5.75. The number of hydrogen-bond donors (Lipinski definition) is 1. The molecule has 0 aliphatic carbocycles. The van der Waals surface area contributed by atoms with Crippen molar-refractivity contribution in [3.8, 4) is 0 Å². The number of esters is 1. The molecule has 0 aliphatic heterocycles. The van der Waals surface area contributed by atoms with Crippen molar-refractivity contribution in [2.75, 3.05) is 40.8 Å². The molecule has 5 heteroatoms. The van der Waals surface area contributed by atoms with Crippen LogP contribution in [0.5, 0.6) is 0 Å². The Morgan fingerprint density at radius 2 is 2.00 bits per heavy atom. The van der Waals surface area contributed by atoms with Gasteiger partial charge in [0.05, 0.1) is 7.11 Å². The lowest BCUT2D eigenvalue weighted by atomic mass is 9.97. The Bertz CT molecular complexity index is 267. The fraction of sp³-hybridized carbons (Fsp3) is 0.929. The summed E-state index contributed by atoms with van der Waals surface area (Å²) in [6.45, 7) is 9.12. The van der Waals surface area contributed by atoms with E-state index in [1.165, 1.54) is 7.11 Å². The second-order valence-electron chi connectivity index (χ2n) is 5.75. The molecule has 0 aliphatic rings. The maximum atomic E-state index is 11.5. The number of methoxy groups -OCH3 is 1. The number of nitrogens with zero attached hydrogens (tertiary/aromatic N) is 2. The summed E-state index contributed by atoms with van der Waals surface area (Å²) in [6, 6.07) is 0.502. The highest BCUT2D eigenvalue weighted by molar-refractivity contribution is 5.79. The molecule has 0 fully saturated rings. The molecule has 0 aromatic rings. The number of carbonyl (C=O) groups is 1. The standard InChI is InChI=1S/C14H31N3O2/c1-7-17(12(2)11-16(4)5)10-8-9-14(3,15)13(18)19-6/h12H,7-11,15H2,1-6H3. The molecule has 0 bridgehead atoms. The van der Waals surface area contributed by atoms with Gasteiger partial charge in [-0.3, -0.25) is 9.69 Å². The number of rotatable bonds is 9. The zero-order valence-electron chi connectivity index (χ0n) is 13.4. The normalized spacial score (nSPS) is 16.5. The van der Waals surface area contributed by atoms with Gasteiger partial charge in [-0.05, 0) is 53.9 Å². The molecular weight excluding hydrogens is 242 g/mol. The summed E-state index contributed by atoms with van der Waals surface area (Å²) < 4.78 is 4.71. The summed E-state index contributed by atoms with van der Waals surface area (Å²) in [5.41, 5.74) is 5.08. The van der Waals surface area contributed by atoms with Gasteiger partial charge in [0, 0.05) is 12.6 Å². The molecule has 0 heterocycles. The van der Waals surface area contributed by atoms with Crippen molar-refractivity contribution in [3.05, 3.63) is 0 Å². The van der Waals surface area contributed by atoms with Gasteiger partial charge in [-0.15, -0.1) is 0 Å². The zero-order chi connectivity index (χ0) is 15.1. The van der Waals surface area contributed by atoms with E-state index in [1.807, 2.05) is 0 Å². The maximum Gasteiger partial charge on any atom is 0.325 e. The minimum atomic E-state index is -0.876. The summed E-state index contributed by atoms with van der Waals surface area (Å²) in [7, 11) is 5.54. The highest BCUT2D eigenvalue weighted by Gasteiger charge is 2.29. The molecule has 0 aromatic carbocycles. The summed E-state index contributed by atoms with van der Waals surface area (Å²) in [5, 5.41) is 0. The van der Waals surface area contributed by atoms with Crippen molar-refractivity contribution in [1.29, 1.82) is 0 Å². The van der Waals surface area contributed by atoms with Crippen LogP contribution in [0.15, 0.2) is 0 Å². The molecule has 0 saturated heterocycles. The first-order valence-electron chi connectivity index (χ1n) is 7.00. The molecule has 0 aromatic heterocycles. The largest absolute Gasteiger partial charge is 0.468 e. The average molecular weight is 273 g/mol. The van der Waals surface area contributed by atoms with Gasteiger partial charge < -0.3 is 15.4 Å². The summed E-state index contributed by atoms with van der Waals surface area (Å²) >= 11 is 0. The summed E-state index contributed by atoms with van der Waals surface area (Å²) in [5.74, 6) is -0.336. The van der Waals surface area contributed by atoms with E-state index in [4.69, 9.17) is 10.5 Å². The third kappa shape index (κ3) is 6.89. The Morgan fingerprint density at radius 1 is 1.42 bits per heavy atom. The van der Waals surface area contributed by atoms with Crippen LogP contribution in [-0.4, -0.2) is 68.2 Å². The van der Waals surface area contributed by atoms with Crippen molar-refractivity contribution in [2.45, 2.75) is 45.2 Å². The maximum absolute atomic E-state index is 11.5. The molecule has 0 saturated carbocycles. The molecule has 114 valence electrons. The Labute approximate surface area is 118 Å². The van der Waals surface area contributed by atoms with Gasteiger partial charge in [0.1, 0.15) is 5.54 Å². The molecule has 0 rings (SSSR count). The molecule has 0 radical (unpaired) electrons. The van der Waals surface area contributed by atoms with Crippen LogP contribution >= 0.6 is 0 Å². The van der Waals surface area contributed by atoms with Crippen LogP contribution in [-0.2, 0) is 9.53 Å². The minimum absolute atomic E-state index is 0.336. The van der Waals surface area contributed by atoms with Gasteiger partial charge in [-0.1, -0.05) is 6.92 Å². The molecule has 2 atom stereocenters. The van der Waals surface area contributed by atoms with Crippen LogP contribution < -0.4 is 5.73 Å². The zero-order valence-corrected chi connectivity index (χ0v) is 13.4. The third-order valence-corrected chi connectivity index (χ3v) is 3.45. The molecule has 5 nitrogen and oxygen atoms in total. The van der Waals surface area contributed by atoms with Crippen LogP contribution in [0.3, 0.4) is 0 Å². The van der Waals surface area contributed by atoms with E-state index in [1.54, 1.807) is 6.92 Å². The lowest BCUT2D eigenvalue weighted by molar-refractivity contribution is -0.146. The van der Waals surface area contributed by atoms with Gasteiger partial charge in [0.25, 0.3) is 0 Å². The monoisotopic (exact) mass is 273 g/mol. The number of likely N-dealkylation sites (N-methyl/N-ethyl adjacent to an activating group) is 2. The average Bonchev–Trinajstić information content (AvgIpc) is 2.32. The van der Waals surface area contributed by atoms with Crippen LogP contribution in [0.4, 0.5) is 0 Å². The van der Waals surface area contributed by atoms with E-state index >= 15 is 0 Å². The van der Waals surface area contributed by atoms with E-state index in [-0.39, 0.29) is 5.97 Å². The minimum Gasteiger partial charge on any atom is -0.468 e. The van der Waals surface area contributed by atoms with Gasteiger partial charge in [0.2, 0.25) is 0 Å². The second kappa shape index (κ2) is 8.51. The lowest BCUT2D eigenvalue weighted by Gasteiger charge is -2.31. The number of hydrogen-bond acceptors (Lipinski definition) is 5. The van der Waals surface area contributed by atoms with E-state index in [9.17, 15) is 4.79 Å². The predicted molar refractivity (Wildman–Crippen MR) is 79.1 cm³/mol. The van der Waals surface area contributed by atoms with Gasteiger partial charge in [-0.25, -0.2) is 0 Å². The van der Waals surface area contributed by atoms with Crippen molar-refractivity contribution >= 4 is 5.97 Å². The summed E-state index contributed by atoms with van der Waals surface area (Å²) in [4.78, 5) is 16.1. The van der Waals surface area contributed by atoms with E-state index in [2.05, 4.69) is 37.7 Å². The Kier molecular flexibility index (Phi) is 8.22. The lowest BCUT2D eigenvalue weighted by Crippen LogP contribution is -2.47. The topological polar surface area (TPSA) is 58.8 Å². The van der Waals surface area contributed by atoms with Crippen LogP contribution in [0.25, 0.3) is 0 Å². The van der Waals surface area contributed by atoms with Gasteiger partial charge in [-0.2, -0.15) is 0 Å². The van der Waals surface area contributed by atoms with E-state index < -0.39 is 5.54 Å². The van der Waals surface area contributed by atoms with Crippen LogP contribution in [0.2, 0.25) is 0 Å². The number of carbonyl (C=O) groups excluding carboxylic acids is 1. The first-order valence-corrected chi connectivity index (χ1v) is 7.00. The van der Waals surface area contributed by atoms with Gasteiger partial charge in [0.15, 0.2) is 0 Å². The fourth-order valence-corrected chi connectivity index (χ4v) is 2.32. The summed E-state index contributed by atoms with van der Waals surface area (Å²) in [6.07, 6.45) is 1.54. The molecule has 19 heavy (non-hydrogen) atoms. The predicted octanol–water partition coefficient (Wildman–Crippen LogP) is 0.929. The highest BCUT2D eigenvalue weighted by Crippen LogP contribution is 2.12. The first-order chi connectivity index (χ1) is 8.74. The van der Waals surface area contributed by atoms with E-state index in [0.29, 0.717) is 12.5 Å². The molecule has 0 spiro atoms. The molecular formula is C14H31N3O2. The van der Waals surface area contributed by atoms with Crippen LogP contribution in [0, 0.1) is 0 Å². The highest BCUT2D eigenvalue weighted by atomic mass is 16.5. The third-order valence-electron chi connectivity index (χ3n) is 3.45. The smallest absolute Gasteiger partial charge is 0.325 e. The number of nitrogens with two attached hydrogens (primary N) is 1. The van der Waals surface area contributed by atoms with Crippen molar-refractivity contribution < 1.29 is 9.53 Å². The SMILES string of the molecule is CCN(CCCC(C)(N)C(=O)OC)C(C)CN(C)C. The quantitative estimate of drug-likeness (QED) is 0.633. The molecule has 2 unspecified atom stereocenters. The van der Waals surface area contributed by atoms with Crippen LogP contribution in [0.1, 0.15) is 33.6 Å². The van der Waals surface area contributed by atoms with Crippen molar-refractivity contribution in [3.63, 3.8) is 0 Å². The van der Waals surface area contributed by atoms with Crippen molar-refractivity contribution in [2.24, 2.45) is 5.73 Å². The first kappa shape index (κ1) is 18.4. The van der Waals surface area contributed by atoms with E-state index in [0.717, 1.165) is 26.1 Å². The Morgan fingerprint density at radius 3 is 2.42 bits per heavy atom. The number of ether oxygens (including phenoxy) is 1. The Balaban J connectivity index is 4.18. The van der Waals surface area contributed by atoms with Gasteiger partial charge >= 0.3 is 5.97 Å². The Hall–Kier alpha value is -0.650. The molecule has 2 N–H and O–H groups in total. The molecule has 0 amide bonds. The fourth-order valence-electron chi connectivity index (χ4n) is 2.32. The van der Waals surface area contributed by atoms with Crippen molar-refractivity contribution in [1.82, 2.24) is 9.80 Å².